The van der Waals surface area contributed by atoms with Crippen LogP contribution in [0.5, 0.6) is 0 Å². The van der Waals surface area contributed by atoms with Crippen LogP contribution in [0, 0.1) is 0 Å². The van der Waals surface area contributed by atoms with Gasteiger partial charge in [0.15, 0.2) is 0 Å². The van der Waals surface area contributed by atoms with Gasteiger partial charge in [-0.15, -0.1) is 11.3 Å². The number of rotatable bonds is 6. The van der Waals surface area contributed by atoms with Crippen LogP contribution < -0.4 is 5.32 Å². The van der Waals surface area contributed by atoms with Crippen molar-refractivity contribution in [3.05, 3.63) is 17.0 Å². The Morgan fingerprint density at radius 3 is 2.80 bits per heavy atom. The molecule has 6 heteroatoms. The van der Waals surface area contributed by atoms with Gasteiger partial charge >= 0.3 is 0 Å². The van der Waals surface area contributed by atoms with Crippen LogP contribution in [0.2, 0.25) is 0 Å². The number of nitrogens with zero attached hydrogens (tertiary/aromatic N) is 1. The lowest BCUT2D eigenvalue weighted by atomic mass is 10.3. The average molecular weight is 314 g/mol. The maximum Gasteiger partial charge on any atom is 0.252 e. The van der Waals surface area contributed by atoms with E-state index in [4.69, 9.17) is 0 Å². The van der Waals surface area contributed by atoms with Gasteiger partial charge in [0.2, 0.25) is 0 Å². The van der Waals surface area contributed by atoms with Gasteiger partial charge in [0.25, 0.3) is 10.0 Å². The fourth-order valence-electron chi connectivity index (χ4n) is 2.70. The van der Waals surface area contributed by atoms with Gasteiger partial charge < -0.3 is 5.32 Å². The second kappa shape index (κ2) is 5.75. The molecule has 0 spiro atoms. The van der Waals surface area contributed by atoms with Crippen molar-refractivity contribution in [1.29, 1.82) is 0 Å². The molecule has 1 aromatic heterocycles. The predicted molar refractivity (Wildman–Crippen MR) is 81.6 cm³/mol. The molecule has 0 bridgehead atoms. The fraction of sp³-hybridized carbons (Fsp3) is 0.714. The molecule has 1 saturated carbocycles. The van der Waals surface area contributed by atoms with E-state index in [0.29, 0.717) is 16.8 Å². The van der Waals surface area contributed by atoms with Crippen LogP contribution in [-0.2, 0) is 16.4 Å². The van der Waals surface area contributed by atoms with Gasteiger partial charge in [-0.3, -0.25) is 0 Å². The number of sulfonamides is 1. The lowest BCUT2D eigenvalue weighted by Crippen LogP contribution is -2.33. The van der Waals surface area contributed by atoms with Gasteiger partial charge in [0.05, 0.1) is 0 Å². The topological polar surface area (TPSA) is 49.4 Å². The zero-order valence-corrected chi connectivity index (χ0v) is 13.5. The molecule has 3 rings (SSSR count). The standard InChI is InChI=1S/C14H22N2O2S2/c1-11-3-2-10-16(11)20(17,18)14-7-6-13(19-14)8-9-15-12-4-5-12/h6-7,11-12,15H,2-5,8-10H2,1H3. The van der Waals surface area contributed by atoms with Crippen molar-refractivity contribution in [2.75, 3.05) is 13.1 Å². The summed E-state index contributed by atoms with van der Waals surface area (Å²) in [6.07, 6.45) is 5.45. The van der Waals surface area contributed by atoms with Crippen LogP contribution >= 0.6 is 11.3 Å². The highest BCUT2D eigenvalue weighted by Crippen LogP contribution is 2.30. The molecule has 1 atom stereocenters. The third kappa shape index (κ3) is 3.08. The molecule has 20 heavy (non-hydrogen) atoms. The first kappa shape index (κ1) is 14.5. The average Bonchev–Trinajstić information content (AvgIpc) is 2.91. The quantitative estimate of drug-likeness (QED) is 0.876. The third-order valence-corrected chi connectivity index (χ3v) is 7.70. The van der Waals surface area contributed by atoms with E-state index in [1.807, 2.05) is 13.0 Å². The summed E-state index contributed by atoms with van der Waals surface area (Å²) in [6, 6.07) is 4.59. The second-order valence-electron chi connectivity index (χ2n) is 5.81. The Bertz CT molecular complexity index is 563. The zero-order valence-electron chi connectivity index (χ0n) is 11.8. The Kier molecular flexibility index (Phi) is 4.17. The summed E-state index contributed by atoms with van der Waals surface area (Å²) in [5.74, 6) is 0. The van der Waals surface area contributed by atoms with E-state index in [0.717, 1.165) is 30.7 Å². The summed E-state index contributed by atoms with van der Waals surface area (Å²) in [5.41, 5.74) is 0. The van der Waals surface area contributed by atoms with E-state index in [2.05, 4.69) is 5.32 Å². The molecule has 1 unspecified atom stereocenters. The Hall–Kier alpha value is -0.430. The van der Waals surface area contributed by atoms with Gasteiger partial charge in [0, 0.05) is 30.1 Å². The maximum absolute atomic E-state index is 12.6. The molecule has 0 amide bonds. The predicted octanol–water partition coefficient (Wildman–Crippen LogP) is 2.22. The summed E-state index contributed by atoms with van der Waals surface area (Å²) in [4.78, 5) is 1.16. The van der Waals surface area contributed by atoms with E-state index in [-0.39, 0.29) is 6.04 Å². The van der Waals surface area contributed by atoms with Crippen molar-refractivity contribution in [1.82, 2.24) is 9.62 Å². The van der Waals surface area contributed by atoms with Crippen molar-refractivity contribution in [2.24, 2.45) is 0 Å². The molecule has 112 valence electrons. The Morgan fingerprint density at radius 2 is 2.15 bits per heavy atom. The highest BCUT2D eigenvalue weighted by atomic mass is 32.2. The third-order valence-electron chi connectivity index (χ3n) is 4.07. The zero-order chi connectivity index (χ0) is 14.2. The molecule has 1 N–H and O–H groups in total. The fourth-order valence-corrected chi connectivity index (χ4v) is 5.88. The van der Waals surface area contributed by atoms with Crippen LogP contribution in [0.15, 0.2) is 16.3 Å². The Balaban J connectivity index is 1.65. The van der Waals surface area contributed by atoms with E-state index in [1.165, 1.54) is 24.2 Å². The molecule has 1 aliphatic carbocycles. The molecule has 0 radical (unpaired) electrons. The van der Waals surface area contributed by atoms with Gasteiger partial charge in [-0.05, 0) is 51.2 Å². The van der Waals surface area contributed by atoms with Gasteiger partial charge in [0.1, 0.15) is 4.21 Å². The van der Waals surface area contributed by atoms with Crippen LogP contribution in [0.3, 0.4) is 0 Å². The van der Waals surface area contributed by atoms with Crippen molar-refractivity contribution >= 4 is 21.4 Å². The first-order valence-electron chi connectivity index (χ1n) is 7.41. The normalized spacial score (nSPS) is 24.4. The minimum absolute atomic E-state index is 0.141. The van der Waals surface area contributed by atoms with Crippen LogP contribution in [0.25, 0.3) is 0 Å². The smallest absolute Gasteiger partial charge is 0.252 e. The van der Waals surface area contributed by atoms with Crippen LogP contribution in [0.4, 0.5) is 0 Å². The van der Waals surface area contributed by atoms with Crippen molar-refractivity contribution in [3.8, 4) is 0 Å². The molecular weight excluding hydrogens is 292 g/mol. The van der Waals surface area contributed by atoms with E-state index < -0.39 is 10.0 Å². The molecule has 1 aliphatic heterocycles. The molecule has 2 fully saturated rings. The first-order valence-corrected chi connectivity index (χ1v) is 9.67. The van der Waals surface area contributed by atoms with Gasteiger partial charge in [-0.1, -0.05) is 0 Å². The number of hydrogen-bond donors (Lipinski definition) is 1. The minimum atomic E-state index is -3.26. The monoisotopic (exact) mass is 314 g/mol. The summed E-state index contributed by atoms with van der Waals surface area (Å²) < 4.78 is 27.3. The number of thiophene rings is 1. The second-order valence-corrected chi connectivity index (χ2v) is 9.09. The number of nitrogens with one attached hydrogen (secondary N) is 1. The highest BCUT2D eigenvalue weighted by Gasteiger charge is 2.33. The Labute approximate surface area is 125 Å². The molecular formula is C14H22N2O2S2. The summed E-state index contributed by atoms with van der Waals surface area (Å²) >= 11 is 1.43. The van der Waals surface area contributed by atoms with E-state index in [1.54, 1.807) is 10.4 Å². The van der Waals surface area contributed by atoms with Crippen molar-refractivity contribution in [2.45, 2.75) is 55.3 Å². The molecule has 1 saturated heterocycles. The molecule has 4 nitrogen and oxygen atoms in total. The van der Waals surface area contributed by atoms with Gasteiger partial charge in [-0.25, -0.2) is 8.42 Å². The van der Waals surface area contributed by atoms with Crippen LogP contribution in [0.1, 0.15) is 37.5 Å². The highest BCUT2D eigenvalue weighted by molar-refractivity contribution is 7.91. The molecule has 2 heterocycles. The van der Waals surface area contributed by atoms with Crippen molar-refractivity contribution in [3.63, 3.8) is 0 Å². The SMILES string of the molecule is CC1CCCN1S(=O)(=O)c1ccc(CCNC2CC2)s1. The molecule has 0 aromatic carbocycles. The van der Waals surface area contributed by atoms with Gasteiger partial charge in [-0.2, -0.15) is 4.31 Å². The lowest BCUT2D eigenvalue weighted by molar-refractivity contribution is 0.409. The van der Waals surface area contributed by atoms with Crippen LogP contribution in [-0.4, -0.2) is 37.9 Å². The minimum Gasteiger partial charge on any atom is -0.314 e. The summed E-state index contributed by atoms with van der Waals surface area (Å²) in [5, 5.41) is 3.46. The molecule has 1 aromatic rings. The maximum atomic E-state index is 12.6. The van der Waals surface area contributed by atoms with E-state index >= 15 is 0 Å². The summed E-state index contributed by atoms with van der Waals surface area (Å²) in [6.45, 7) is 3.61. The lowest BCUT2D eigenvalue weighted by Gasteiger charge is -2.19. The summed E-state index contributed by atoms with van der Waals surface area (Å²) in [7, 11) is -3.26. The molecule has 2 aliphatic rings. The largest absolute Gasteiger partial charge is 0.314 e. The Morgan fingerprint density at radius 1 is 1.35 bits per heavy atom. The van der Waals surface area contributed by atoms with E-state index in [9.17, 15) is 8.42 Å². The first-order chi connectivity index (χ1) is 9.57. The van der Waals surface area contributed by atoms with Crippen molar-refractivity contribution < 1.29 is 8.42 Å². The number of hydrogen-bond acceptors (Lipinski definition) is 4.